The molecule has 2 fully saturated rings. The Morgan fingerprint density at radius 2 is 2.29 bits per heavy atom. The van der Waals surface area contributed by atoms with E-state index >= 15 is 0 Å². The van der Waals surface area contributed by atoms with Crippen LogP contribution in [0.25, 0.3) is 0 Å². The second kappa shape index (κ2) is 5.40. The van der Waals surface area contributed by atoms with Gasteiger partial charge in [0.1, 0.15) is 0 Å². The standard InChI is InChI=1S/C12H19N3OS/c1-2-6-13-10(5-1)12-14-11(16-15-12)8-9-4-3-7-17-9/h9-10,13H,1-8H2. The van der Waals surface area contributed by atoms with Crippen molar-refractivity contribution >= 4 is 11.8 Å². The molecular formula is C12H19N3OS. The number of hydrogen-bond acceptors (Lipinski definition) is 5. The SMILES string of the molecule is C1CCC(c2noc(CC3CCCS3)n2)NC1. The van der Waals surface area contributed by atoms with E-state index in [-0.39, 0.29) is 0 Å². The van der Waals surface area contributed by atoms with E-state index in [1.54, 1.807) is 0 Å². The lowest BCUT2D eigenvalue weighted by molar-refractivity contribution is 0.347. The van der Waals surface area contributed by atoms with Crippen LogP contribution in [0.1, 0.15) is 49.9 Å². The van der Waals surface area contributed by atoms with Crippen molar-refractivity contribution in [2.75, 3.05) is 12.3 Å². The Morgan fingerprint density at radius 3 is 3.06 bits per heavy atom. The van der Waals surface area contributed by atoms with Gasteiger partial charge in [-0.2, -0.15) is 16.7 Å². The molecule has 0 radical (unpaired) electrons. The number of hydrogen-bond donors (Lipinski definition) is 1. The van der Waals surface area contributed by atoms with Crippen LogP contribution in [0.5, 0.6) is 0 Å². The highest BCUT2D eigenvalue weighted by molar-refractivity contribution is 8.00. The minimum atomic E-state index is 0.317. The topological polar surface area (TPSA) is 51.0 Å². The zero-order valence-electron chi connectivity index (χ0n) is 10.0. The Hall–Kier alpha value is -0.550. The first-order valence-electron chi connectivity index (χ1n) is 6.59. The zero-order valence-corrected chi connectivity index (χ0v) is 10.8. The molecule has 0 aromatic carbocycles. The fourth-order valence-electron chi connectivity index (χ4n) is 2.56. The second-order valence-electron chi connectivity index (χ2n) is 4.89. The summed E-state index contributed by atoms with van der Waals surface area (Å²) in [7, 11) is 0. The highest BCUT2D eigenvalue weighted by Crippen LogP contribution is 2.29. The summed E-state index contributed by atoms with van der Waals surface area (Å²) >= 11 is 2.04. The molecule has 0 bridgehead atoms. The van der Waals surface area contributed by atoms with Gasteiger partial charge in [0.15, 0.2) is 5.82 Å². The van der Waals surface area contributed by atoms with Gasteiger partial charge in [0.2, 0.25) is 5.89 Å². The molecule has 3 rings (SSSR count). The van der Waals surface area contributed by atoms with Gasteiger partial charge in [0.05, 0.1) is 6.04 Å². The summed E-state index contributed by atoms with van der Waals surface area (Å²) in [6, 6.07) is 0.317. The van der Waals surface area contributed by atoms with Crippen molar-refractivity contribution in [2.45, 2.75) is 49.8 Å². The number of rotatable bonds is 3. The summed E-state index contributed by atoms with van der Waals surface area (Å²) in [5.74, 6) is 2.98. The molecule has 0 spiro atoms. The number of nitrogens with zero attached hydrogens (tertiary/aromatic N) is 2. The smallest absolute Gasteiger partial charge is 0.227 e. The average Bonchev–Trinajstić information content (AvgIpc) is 3.02. The maximum atomic E-state index is 5.37. The van der Waals surface area contributed by atoms with Gasteiger partial charge in [-0.25, -0.2) is 0 Å². The van der Waals surface area contributed by atoms with Crippen molar-refractivity contribution in [3.8, 4) is 0 Å². The summed E-state index contributed by atoms with van der Waals surface area (Å²) in [5.41, 5.74) is 0. The average molecular weight is 253 g/mol. The molecule has 0 saturated carbocycles. The zero-order chi connectivity index (χ0) is 11.5. The van der Waals surface area contributed by atoms with Gasteiger partial charge in [-0.1, -0.05) is 11.6 Å². The van der Waals surface area contributed by atoms with E-state index in [0.29, 0.717) is 11.3 Å². The first-order chi connectivity index (χ1) is 8.42. The molecule has 3 heterocycles. The molecule has 2 aliphatic heterocycles. The molecule has 0 amide bonds. The van der Waals surface area contributed by atoms with E-state index in [1.165, 1.54) is 31.4 Å². The van der Waals surface area contributed by atoms with E-state index in [0.717, 1.165) is 31.1 Å². The Bertz CT molecular complexity index is 356. The van der Waals surface area contributed by atoms with Crippen LogP contribution in [0, 0.1) is 0 Å². The van der Waals surface area contributed by atoms with Crippen LogP contribution in [0.4, 0.5) is 0 Å². The molecule has 2 aliphatic rings. The lowest BCUT2D eigenvalue weighted by Gasteiger charge is -2.19. The Kier molecular flexibility index (Phi) is 3.66. The number of aromatic nitrogens is 2. The fraction of sp³-hybridized carbons (Fsp3) is 0.833. The maximum Gasteiger partial charge on any atom is 0.227 e. The van der Waals surface area contributed by atoms with Crippen molar-refractivity contribution in [1.82, 2.24) is 15.5 Å². The molecule has 1 aromatic rings. The number of thioether (sulfide) groups is 1. The molecule has 2 saturated heterocycles. The van der Waals surface area contributed by atoms with Gasteiger partial charge in [-0.15, -0.1) is 0 Å². The van der Waals surface area contributed by atoms with E-state index in [4.69, 9.17) is 4.52 Å². The first-order valence-corrected chi connectivity index (χ1v) is 7.64. The monoisotopic (exact) mass is 253 g/mol. The predicted octanol–water partition coefficient (Wildman–Crippen LogP) is 2.32. The van der Waals surface area contributed by atoms with Crippen LogP contribution in [0.2, 0.25) is 0 Å². The molecule has 1 N–H and O–H groups in total. The van der Waals surface area contributed by atoms with Crippen molar-refractivity contribution in [3.63, 3.8) is 0 Å². The van der Waals surface area contributed by atoms with Gasteiger partial charge in [-0.3, -0.25) is 0 Å². The summed E-state index contributed by atoms with van der Waals surface area (Å²) in [6.45, 7) is 1.08. The summed E-state index contributed by atoms with van der Waals surface area (Å²) < 4.78 is 5.37. The minimum absolute atomic E-state index is 0.317. The number of nitrogens with one attached hydrogen (secondary N) is 1. The minimum Gasteiger partial charge on any atom is -0.339 e. The third kappa shape index (κ3) is 2.83. The van der Waals surface area contributed by atoms with Gasteiger partial charge in [0, 0.05) is 11.7 Å². The fourth-order valence-corrected chi connectivity index (χ4v) is 3.83. The third-order valence-electron chi connectivity index (χ3n) is 3.53. The molecular weight excluding hydrogens is 234 g/mol. The highest BCUT2D eigenvalue weighted by Gasteiger charge is 2.23. The Labute approximate surface area is 106 Å². The van der Waals surface area contributed by atoms with Crippen LogP contribution in [0.3, 0.4) is 0 Å². The van der Waals surface area contributed by atoms with Gasteiger partial charge in [-0.05, 0) is 38.0 Å². The summed E-state index contributed by atoms with van der Waals surface area (Å²) in [6.07, 6.45) is 7.24. The molecule has 17 heavy (non-hydrogen) atoms. The van der Waals surface area contributed by atoms with E-state index in [1.807, 2.05) is 11.8 Å². The first kappa shape index (κ1) is 11.5. The van der Waals surface area contributed by atoms with Crippen molar-refractivity contribution in [2.24, 2.45) is 0 Å². The van der Waals surface area contributed by atoms with E-state index in [9.17, 15) is 0 Å². The highest BCUT2D eigenvalue weighted by atomic mass is 32.2. The maximum absolute atomic E-state index is 5.37. The normalized spacial score (nSPS) is 29.6. The Morgan fingerprint density at radius 1 is 1.29 bits per heavy atom. The lowest BCUT2D eigenvalue weighted by Crippen LogP contribution is -2.27. The van der Waals surface area contributed by atoms with Crippen LogP contribution >= 0.6 is 11.8 Å². The molecule has 94 valence electrons. The molecule has 4 nitrogen and oxygen atoms in total. The quantitative estimate of drug-likeness (QED) is 0.896. The Balaban J connectivity index is 1.60. The molecule has 1 aromatic heterocycles. The summed E-state index contributed by atoms with van der Waals surface area (Å²) in [4.78, 5) is 4.54. The molecule has 2 unspecified atom stereocenters. The predicted molar refractivity (Wildman–Crippen MR) is 68.1 cm³/mol. The van der Waals surface area contributed by atoms with Crippen molar-refractivity contribution in [3.05, 3.63) is 11.7 Å². The van der Waals surface area contributed by atoms with Crippen LogP contribution in [0.15, 0.2) is 4.52 Å². The van der Waals surface area contributed by atoms with Crippen LogP contribution < -0.4 is 5.32 Å². The summed E-state index contributed by atoms with van der Waals surface area (Å²) in [5, 5.41) is 8.27. The molecule has 0 aliphatic carbocycles. The van der Waals surface area contributed by atoms with E-state index in [2.05, 4.69) is 15.5 Å². The number of piperidine rings is 1. The van der Waals surface area contributed by atoms with Gasteiger partial charge in [0.25, 0.3) is 0 Å². The second-order valence-corrected chi connectivity index (χ2v) is 6.30. The van der Waals surface area contributed by atoms with Gasteiger partial charge < -0.3 is 9.84 Å². The van der Waals surface area contributed by atoms with Gasteiger partial charge >= 0.3 is 0 Å². The van der Waals surface area contributed by atoms with Crippen molar-refractivity contribution in [1.29, 1.82) is 0 Å². The van der Waals surface area contributed by atoms with Crippen molar-refractivity contribution < 1.29 is 4.52 Å². The lowest BCUT2D eigenvalue weighted by atomic mass is 10.0. The molecule has 5 heteroatoms. The largest absolute Gasteiger partial charge is 0.339 e. The van der Waals surface area contributed by atoms with E-state index < -0.39 is 0 Å². The van der Waals surface area contributed by atoms with Crippen LogP contribution in [-0.4, -0.2) is 27.7 Å². The third-order valence-corrected chi connectivity index (χ3v) is 4.93. The van der Waals surface area contributed by atoms with Crippen LogP contribution in [-0.2, 0) is 6.42 Å². The molecule has 2 atom stereocenters.